The normalized spacial score (nSPS) is 18.6. The van der Waals surface area contributed by atoms with Crippen molar-refractivity contribution in [3.05, 3.63) is 28.5 Å². The van der Waals surface area contributed by atoms with Crippen molar-refractivity contribution in [2.75, 3.05) is 13.2 Å². The lowest BCUT2D eigenvalue weighted by atomic mass is 10.2. The van der Waals surface area contributed by atoms with Crippen molar-refractivity contribution in [3.63, 3.8) is 0 Å². The molecule has 1 aliphatic heterocycles. The molecule has 1 fully saturated rings. The van der Waals surface area contributed by atoms with Gasteiger partial charge in [0.15, 0.2) is 5.11 Å². The highest BCUT2D eigenvalue weighted by molar-refractivity contribution is 7.80. The second-order valence-corrected chi connectivity index (χ2v) is 5.57. The first-order chi connectivity index (χ1) is 9.24. The quantitative estimate of drug-likeness (QED) is 0.658. The number of amides is 1. The van der Waals surface area contributed by atoms with E-state index in [9.17, 15) is 4.79 Å². The van der Waals surface area contributed by atoms with Crippen molar-refractivity contribution in [1.29, 1.82) is 0 Å². The first kappa shape index (κ1) is 14.2. The molecule has 4 nitrogen and oxygen atoms in total. The van der Waals surface area contributed by atoms with Crippen LogP contribution in [0.2, 0.25) is 0 Å². The van der Waals surface area contributed by atoms with E-state index in [1.165, 1.54) is 6.08 Å². The number of nitrogens with one attached hydrogen (secondary N) is 2. The molecule has 6 heteroatoms. The minimum Gasteiger partial charge on any atom is -0.376 e. The number of rotatable bonds is 4. The highest BCUT2D eigenvalue weighted by Gasteiger charge is 2.15. The van der Waals surface area contributed by atoms with Crippen LogP contribution in [0.15, 0.2) is 23.6 Å². The predicted molar refractivity (Wildman–Crippen MR) is 81.1 cm³/mol. The molecule has 0 saturated carbocycles. The Morgan fingerprint density at radius 3 is 3.21 bits per heavy atom. The fourth-order valence-electron chi connectivity index (χ4n) is 1.75. The van der Waals surface area contributed by atoms with Gasteiger partial charge in [-0.2, -0.15) is 0 Å². The number of carbonyl (C=O) groups is 1. The molecule has 2 N–H and O–H groups in total. The van der Waals surface area contributed by atoms with Crippen molar-refractivity contribution in [2.24, 2.45) is 0 Å². The molecule has 1 saturated heterocycles. The standard InChI is InChI=1S/C13H16N2O2S2/c16-12(6-5-11-4-2-8-19-11)15-13(18)14-9-10-3-1-7-17-10/h2,4-6,8,10H,1,3,7,9H2,(H2,14,15,16,18). The molecule has 0 bridgehead atoms. The zero-order valence-electron chi connectivity index (χ0n) is 10.4. The maximum atomic E-state index is 11.6. The summed E-state index contributed by atoms with van der Waals surface area (Å²) in [5, 5.41) is 7.91. The molecular weight excluding hydrogens is 280 g/mol. The Morgan fingerprint density at radius 1 is 1.63 bits per heavy atom. The van der Waals surface area contributed by atoms with Gasteiger partial charge in [-0.15, -0.1) is 11.3 Å². The summed E-state index contributed by atoms with van der Waals surface area (Å²) in [4.78, 5) is 12.6. The van der Waals surface area contributed by atoms with E-state index in [0.29, 0.717) is 11.7 Å². The third kappa shape index (κ3) is 5.10. The first-order valence-corrected chi connectivity index (χ1v) is 7.45. The molecule has 19 heavy (non-hydrogen) atoms. The summed E-state index contributed by atoms with van der Waals surface area (Å²) < 4.78 is 5.46. The Hall–Kier alpha value is -1.24. The van der Waals surface area contributed by atoms with E-state index in [2.05, 4.69) is 10.6 Å². The summed E-state index contributed by atoms with van der Waals surface area (Å²) in [6, 6.07) is 3.89. The van der Waals surface area contributed by atoms with Gasteiger partial charge in [-0.3, -0.25) is 10.1 Å². The Balaban J connectivity index is 1.68. The second kappa shape index (κ2) is 7.37. The molecule has 1 aromatic heterocycles. The Morgan fingerprint density at radius 2 is 2.53 bits per heavy atom. The average molecular weight is 296 g/mol. The summed E-state index contributed by atoms with van der Waals surface area (Å²) in [6.45, 7) is 1.46. The van der Waals surface area contributed by atoms with Crippen LogP contribution in [0.3, 0.4) is 0 Å². The van der Waals surface area contributed by atoms with E-state index >= 15 is 0 Å². The largest absolute Gasteiger partial charge is 0.376 e. The average Bonchev–Trinajstić information content (AvgIpc) is 3.07. The Bertz CT molecular complexity index is 451. The van der Waals surface area contributed by atoms with Gasteiger partial charge in [0.05, 0.1) is 6.10 Å². The second-order valence-electron chi connectivity index (χ2n) is 4.18. The lowest BCUT2D eigenvalue weighted by molar-refractivity contribution is -0.115. The molecule has 102 valence electrons. The van der Waals surface area contributed by atoms with Gasteiger partial charge >= 0.3 is 0 Å². The number of thiocarbonyl (C=S) groups is 1. The molecule has 1 unspecified atom stereocenters. The van der Waals surface area contributed by atoms with Crippen LogP contribution >= 0.6 is 23.6 Å². The van der Waals surface area contributed by atoms with Crippen LogP contribution in [0.25, 0.3) is 6.08 Å². The van der Waals surface area contributed by atoms with Gasteiger partial charge < -0.3 is 10.1 Å². The summed E-state index contributed by atoms with van der Waals surface area (Å²) in [5.74, 6) is -0.224. The fraction of sp³-hybridized carbons (Fsp3) is 0.385. The highest BCUT2D eigenvalue weighted by Crippen LogP contribution is 2.10. The predicted octanol–water partition coefficient (Wildman–Crippen LogP) is 1.93. The Labute approximate surface area is 121 Å². The van der Waals surface area contributed by atoms with Gasteiger partial charge in [0.1, 0.15) is 0 Å². The van der Waals surface area contributed by atoms with E-state index in [1.54, 1.807) is 17.4 Å². The molecule has 1 amide bonds. The van der Waals surface area contributed by atoms with Gasteiger partial charge in [0.25, 0.3) is 0 Å². The number of carbonyl (C=O) groups excluding carboxylic acids is 1. The molecule has 2 rings (SSSR count). The lowest BCUT2D eigenvalue weighted by Gasteiger charge is -2.12. The molecule has 0 radical (unpaired) electrons. The van der Waals surface area contributed by atoms with Crippen LogP contribution in [0, 0.1) is 0 Å². The zero-order chi connectivity index (χ0) is 13.5. The van der Waals surface area contributed by atoms with Gasteiger partial charge in [-0.1, -0.05) is 6.07 Å². The lowest BCUT2D eigenvalue weighted by Crippen LogP contribution is -2.41. The number of ether oxygens (including phenoxy) is 1. The third-order valence-corrected chi connectivity index (χ3v) is 3.78. The fourth-order valence-corrected chi connectivity index (χ4v) is 2.56. The highest BCUT2D eigenvalue weighted by atomic mass is 32.1. The van der Waals surface area contributed by atoms with Gasteiger partial charge in [0.2, 0.25) is 5.91 Å². The van der Waals surface area contributed by atoms with Gasteiger partial charge in [0, 0.05) is 24.1 Å². The van der Waals surface area contributed by atoms with Crippen LogP contribution in [0.4, 0.5) is 0 Å². The summed E-state index contributed by atoms with van der Waals surface area (Å²) in [5.41, 5.74) is 0. The van der Waals surface area contributed by atoms with E-state index in [0.717, 1.165) is 24.3 Å². The molecule has 1 atom stereocenters. The van der Waals surface area contributed by atoms with E-state index in [1.807, 2.05) is 17.5 Å². The van der Waals surface area contributed by atoms with Crippen molar-refractivity contribution in [1.82, 2.24) is 10.6 Å². The van der Waals surface area contributed by atoms with E-state index in [4.69, 9.17) is 17.0 Å². The number of hydrogen-bond donors (Lipinski definition) is 2. The number of thiophene rings is 1. The maximum Gasteiger partial charge on any atom is 0.250 e. The van der Waals surface area contributed by atoms with Gasteiger partial charge in [-0.25, -0.2) is 0 Å². The smallest absolute Gasteiger partial charge is 0.250 e. The SMILES string of the molecule is O=C(C=Cc1cccs1)NC(=S)NCC1CCCO1. The van der Waals surface area contributed by atoms with Crippen LogP contribution in [0.5, 0.6) is 0 Å². The summed E-state index contributed by atoms with van der Waals surface area (Å²) in [7, 11) is 0. The molecule has 1 aliphatic rings. The minimum absolute atomic E-state index is 0.205. The van der Waals surface area contributed by atoms with Crippen LogP contribution in [-0.4, -0.2) is 30.3 Å². The monoisotopic (exact) mass is 296 g/mol. The van der Waals surface area contributed by atoms with Crippen molar-refractivity contribution < 1.29 is 9.53 Å². The van der Waals surface area contributed by atoms with Crippen molar-refractivity contribution in [3.8, 4) is 0 Å². The van der Waals surface area contributed by atoms with Crippen molar-refractivity contribution in [2.45, 2.75) is 18.9 Å². The topological polar surface area (TPSA) is 50.4 Å². The van der Waals surface area contributed by atoms with E-state index < -0.39 is 0 Å². The van der Waals surface area contributed by atoms with Crippen LogP contribution in [0.1, 0.15) is 17.7 Å². The summed E-state index contributed by atoms with van der Waals surface area (Å²) >= 11 is 6.63. The maximum absolute atomic E-state index is 11.6. The van der Waals surface area contributed by atoms with E-state index in [-0.39, 0.29) is 12.0 Å². The molecule has 0 spiro atoms. The summed E-state index contributed by atoms with van der Waals surface area (Å²) in [6.07, 6.45) is 5.59. The third-order valence-electron chi connectivity index (χ3n) is 2.69. The Kier molecular flexibility index (Phi) is 5.50. The molecular formula is C13H16N2O2S2. The minimum atomic E-state index is -0.224. The van der Waals surface area contributed by atoms with Gasteiger partial charge in [-0.05, 0) is 42.6 Å². The molecule has 0 aliphatic carbocycles. The zero-order valence-corrected chi connectivity index (χ0v) is 12.1. The molecule has 0 aromatic carbocycles. The molecule has 1 aromatic rings. The number of hydrogen-bond acceptors (Lipinski definition) is 4. The first-order valence-electron chi connectivity index (χ1n) is 6.16. The van der Waals surface area contributed by atoms with Crippen LogP contribution in [-0.2, 0) is 9.53 Å². The van der Waals surface area contributed by atoms with Crippen molar-refractivity contribution >= 4 is 40.7 Å². The van der Waals surface area contributed by atoms with Crippen LogP contribution < -0.4 is 10.6 Å². The molecule has 2 heterocycles.